The summed E-state index contributed by atoms with van der Waals surface area (Å²) in [7, 11) is 0. The third kappa shape index (κ3) is 3.27. The van der Waals surface area contributed by atoms with E-state index in [0.717, 1.165) is 21.4 Å². The van der Waals surface area contributed by atoms with Crippen molar-refractivity contribution in [2.24, 2.45) is 5.10 Å². The predicted molar refractivity (Wildman–Crippen MR) is 108 cm³/mol. The fraction of sp³-hybridized carbons (Fsp3) is 0.0952. The highest BCUT2D eigenvalue weighted by atomic mass is 79.9. The second-order valence-electron chi connectivity index (χ2n) is 6.09. The van der Waals surface area contributed by atoms with Crippen LogP contribution in [0.3, 0.4) is 0 Å². The second-order valence-corrected chi connectivity index (χ2v) is 7.38. The topological polar surface area (TPSA) is 15.6 Å². The molecule has 26 heavy (non-hydrogen) atoms. The molecule has 5 heteroatoms. The Morgan fingerprint density at radius 2 is 1.65 bits per heavy atom. The molecule has 1 aliphatic heterocycles. The molecule has 0 N–H and O–H groups in total. The molecule has 2 nitrogen and oxygen atoms in total. The molecule has 0 saturated heterocycles. The summed E-state index contributed by atoms with van der Waals surface area (Å²) in [5, 5.41) is 7.42. The van der Waals surface area contributed by atoms with Crippen molar-refractivity contribution in [3.05, 3.63) is 99.2 Å². The Labute approximate surface area is 165 Å². The molecule has 0 amide bonds. The van der Waals surface area contributed by atoms with Crippen molar-refractivity contribution in [1.82, 2.24) is 0 Å². The molecule has 4 rings (SSSR count). The summed E-state index contributed by atoms with van der Waals surface area (Å²) in [6, 6.07) is 22.4. The first-order valence-corrected chi connectivity index (χ1v) is 9.42. The molecule has 0 aliphatic carbocycles. The van der Waals surface area contributed by atoms with E-state index in [0.29, 0.717) is 17.0 Å². The smallest absolute Gasteiger partial charge is 0.132 e. The van der Waals surface area contributed by atoms with Crippen LogP contribution in [0.4, 0.5) is 10.1 Å². The third-order valence-corrected chi connectivity index (χ3v) is 5.37. The lowest BCUT2D eigenvalue weighted by atomic mass is 9.98. The summed E-state index contributed by atoms with van der Waals surface area (Å²) in [5.74, 6) is -0.255. The molecule has 1 aliphatic rings. The molecule has 0 saturated carbocycles. The number of nitrogens with zero attached hydrogens (tertiary/aromatic N) is 2. The number of rotatable bonds is 3. The lowest BCUT2D eigenvalue weighted by Gasteiger charge is -2.25. The van der Waals surface area contributed by atoms with Crippen molar-refractivity contribution >= 4 is 38.9 Å². The molecule has 0 bridgehead atoms. The average Bonchev–Trinajstić information content (AvgIpc) is 3.08. The minimum Gasteiger partial charge on any atom is -0.256 e. The quantitative estimate of drug-likeness (QED) is 0.458. The van der Waals surface area contributed by atoms with Gasteiger partial charge in [-0.05, 0) is 51.8 Å². The maximum absolute atomic E-state index is 14.3. The molecular weight excluding hydrogens is 415 g/mol. The van der Waals surface area contributed by atoms with Crippen molar-refractivity contribution in [2.75, 3.05) is 5.01 Å². The van der Waals surface area contributed by atoms with Crippen LogP contribution in [0, 0.1) is 5.82 Å². The monoisotopic (exact) mass is 428 g/mol. The number of hydrogen-bond acceptors (Lipinski definition) is 2. The van der Waals surface area contributed by atoms with Crippen LogP contribution >= 0.6 is 27.5 Å². The van der Waals surface area contributed by atoms with Crippen LogP contribution in [0.2, 0.25) is 5.02 Å². The van der Waals surface area contributed by atoms with Gasteiger partial charge in [0.25, 0.3) is 0 Å². The van der Waals surface area contributed by atoms with Crippen molar-refractivity contribution < 1.29 is 4.39 Å². The molecule has 1 heterocycles. The summed E-state index contributed by atoms with van der Waals surface area (Å²) in [4.78, 5) is 0. The summed E-state index contributed by atoms with van der Waals surface area (Å²) in [6.07, 6.45) is 0.615. The zero-order valence-electron chi connectivity index (χ0n) is 13.7. The zero-order chi connectivity index (χ0) is 18.1. The standard InChI is InChI=1S/C21H15BrClFN2/c22-17-6-2-4-8-20(17)26-21(14-9-11-15(23)12-10-14)13-19(25-26)16-5-1-3-7-18(16)24/h1-12,21H,13H2. The number of hydrazone groups is 1. The lowest BCUT2D eigenvalue weighted by molar-refractivity contribution is 0.624. The Morgan fingerprint density at radius 3 is 2.38 bits per heavy atom. The predicted octanol–water partition coefficient (Wildman–Crippen LogP) is 6.60. The number of anilines is 1. The first-order valence-electron chi connectivity index (χ1n) is 8.25. The first kappa shape index (κ1) is 17.3. The van der Waals surface area contributed by atoms with Gasteiger partial charge >= 0.3 is 0 Å². The number of para-hydroxylation sites is 1. The number of benzene rings is 3. The fourth-order valence-electron chi connectivity index (χ4n) is 3.17. The summed E-state index contributed by atoms with van der Waals surface area (Å²) in [5.41, 5.74) is 3.30. The highest BCUT2D eigenvalue weighted by molar-refractivity contribution is 9.10. The van der Waals surface area contributed by atoms with Gasteiger partial charge in [0.05, 0.1) is 17.4 Å². The summed E-state index contributed by atoms with van der Waals surface area (Å²) >= 11 is 9.65. The zero-order valence-corrected chi connectivity index (χ0v) is 16.1. The first-order chi connectivity index (χ1) is 12.6. The lowest BCUT2D eigenvalue weighted by Crippen LogP contribution is -2.18. The van der Waals surface area contributed by atoms with Crippen molar-refractivity contribution in [3.8, 4) is 0 Å². The average molecular weight is 430 g/mol. The summed E-state index contributed by atoms with van der Waals surface area (Å²) < 4.78 is 15.2. The van der Waals surface area contributed by atoms with Gasteiger partial charge in [0.1, 0.15) is 5.82 Å². The van der Waals surface area contributed by atoms with E-state index in [9.17, 15) is 4.39 Å². The van der Waals surface area contributed by atoms with E-state index in [1.54, 1.807) is 12.1 Å². The van der Waals surface area contributed by atoms with Gasteiger partial charge in [-0.15, -0.1) is 0 Å². The van der Waals surface area contributed by atoms with Crippen LogP contribution in [0.15, 0.2) is 82.4 Å². The Kier molecular flexibility index (Phi) is 4.79. The van der Waals surface area contributed by atoms with Crippen LogP contribution in [-0.2, 0) is 0 Å². The minimum atomic E-state index is -0.255. The van der Waals surface area contributed by atoms with Gasteiger partial charge in [0, 0.05) is 21.5 Å². The Balaban J connectivity index is 1.80. The van der Waals surface area contributed by atoms with Crippen LogP contribution < -0.4 is 5.01 Å². The third-order valence-electron chi connectivity index (χ3n) is 4.45. The Hall–Kier alpha value is -2.17. The van der Waals surface area contributed by atoms with Gasteiger partial charge in [-0.2, -0.15) is 5.10 Å². The Morgan fingerprint density at radius 1 is 0.962 bits per heavy atom. The molecule has 0 spiro atoms. The van der Waals surface area contributed by atoms with Gasteiger partial charge in [0.15, 0.2) is 0 Å². The normalized spacial score (nSPS) is 16.7. The SMILES string of the molecule is Fc1ccccc1C1=NN(c2ccccc2Br)C(c2ccc(Cl)cc2)C1. The number of hydrogen-bond donors (Lipinski definition) is 0. The van der Waals surface area contributed by atoms with Gasteiger partial charge in [-0.1, -0.05) is 54.1 Å². The van der Waals surface area contributed by atoms with Crippen LogP contribution in [-0.4, -0.2) is 5.71 Å². The van der Waals surface area contributed by atoms with Gasteiger partial charge < -0.3 is 0 Å². The Bertz CT molecular complexity index is 972. The van der Waals surface area contributed by atoms with Gasteiger partial charge in [0.2, 0.25) is 0 Å². The largest absolute Gasteiger partial charge is 0.256 e. The molecule has 1 unspecified atom stereocenters. The minimum absolute atomic E-state index is 0.0272. The van der Waals surface area contributed by atoms with E-state index in [1.807, 2.05) is 59.6 Å². The molecule has 0 radical (unpaired) electrons. The maximum atomic E-state index is 14.3. The van der Waals surface area contributed by atoms with E-state index < -0.39 is 0 Å². The van der Waals surface area contributed by atoms with E-state index in [2.05, 4.69) is 15.9 Å². The van der Waals surface area contributed by atoms with Crippen LogP contribution in [0.1, 0.15) is 23.6 Å². The fourth-order valence-corrected chi connectivity index (χ4v) is 3.76. The second kappa shape index (κ2) is 7.22. The van der Waals surface area contributed by atoms with Crippen molar-refractivity contribution in [1.29, 1.82) is 0 Å². The van der Waals surface area contributed by atoms with E-state index in [-0.39, 0.29) is 11.9 Å². The van der Waals surface area contributed by atoms with Gasteiger partial charge in [-0.3, -0.25) is 5.01 Å². The van der Waals surface area contributed by atoms with E-state index in [1.165, 1.54) is 6.07 Å². The highest BCUT2D eigenvalue weighted by Gasteiger charge is 2.31. The molecule has 1 atom stereocenters. The molecular formula is C21H15BrClFN2. The summed E-state index contributed by atoms with van der Waals surface area (Å²) in [6.45, 7) is 0. The number of halogens is 3. The van der Waals surface area contributed by atoms with Crippen LogP contribution in [0.25, 0.3) is 0 Å². The van der Waals surface area contributed by atoms with Gasteiger partial charge in [-0.25, -0.2) is 4.39 Å². The highest BCUT2D eigenvalue weighted by Crippen LogP contribution is 2.40. The van der Waals surface area contributed by atoms with Crippen molar-refractivity contribution in [2.45, 2.75) is 12.5 Å². The molecule has 0 fully saturated rings. The van der Waals surface area contributed by atoms with E-state index in [4.69, 9.17) is 16.7 Å². The maximum Gasteiger partial charge on any atom is 0.132 e. The van der Waals surface area contributed by atoms with E-state index >= 15 is 0 Å². The molecule has 130 valence electrons. The molecule has 3 aromatic rings. The van der Waals surface area contributed by atoms with Crippen LogP contribution in [0.5, 0.6) is 0 Å². The molecule has 3 aromatic carbocycles. The van der Waals surface area contributed by atoms with Crippen molar-refractivity contribution in [3.63, 3.8) is 0 Å². The molecule has 0 aromatic heterocycles.